The molecule has 0 saturated carbocycles. The number of nitrogens with one attached hydrogen (secondary N) is 1. The van der Waals surface area contributed by atoms with Crippen molar-refractivity contribution in [2.45, 2.75) is 63.8 Å². The summed E-state index contributed by atoms with van der Waals surface area (Å²) in [5, 5.41) is 11.7. The number of ether oxygens (including phenoxy) is 1. The molecule has 0 unspecified atom stereocenters. The van der Waals surface area contributed by atoms with Crippen molar-refractivity contribution < 1.29 is 32.6 Å². The number of unbranched alkanes of at least 4 members (excludes halogenated alkanes) is 4. The van der Waals surface area contributed by atoms with E-state index in [4.69, 9.17) is 9.84 Å². The molecule has 1 amide bonds. The highest BCUT2D eigenvalue weighted by Crippen LogP contribution is 2.29. The lowest BCUT2D eigenvalue weighted by molar-refractivity contribution is -0.138. The molecule has 0 aliphatic carbocycles. The Hall–Kier alpha value is -2.13. The predicted molar refractivity (Wildman–Crippen MR) is 112 cm³/mol. The van der Waals surface area contributed by atoms with E-state index >= 15 is 0 Å². The molecule has 9 heteroatoms. The maximum Gasteiger partial charge on any atom is 0.416 e. The molecule has 0 heterocycles. The molecular weight excluding hydrogens is 413 g/mol. The smallest absolute Gasteiger partial charge is 0.416 e. The summed E-state index contributed by atoms with van der Waals surface area (Å²) in [6, 6.07) is 4.56. The third-order valence-electron chi connectivity index (χ3n) is 4.61. The number of benzene rings is 1. The van der Waals surface area contributed by atoms with Crippen LogP contribution in [0.4, 0.5) is 13.2 Å². The predicted octanol–water partition coefficient (Wildman–Crippen LogP) is 4.08. The van der Waals surface area contributed by atoms with Crippen molar-refractivity contribution in [3.05, 3.63) is 35.4 Å². The molecule has 0 aromatic heterocycles. The van der Waals surface area contributed by atoms with Crippen molar-refractivity contribution in [3.63, 3.8) is 0 Å². The van der Waals surface area contributed by atoms with Crippen molar-refractivity contribution >= 4 is 11.9 Å². The summed E-state index contributed by atoms with van der Waals surface area (Å²) < 4.78 is 43.0. The van der Waals surface area contributed by atoms with Crippen LogP contribution in [0.5, 0.6) is 0 Å². The Bertz CT molecular complexity index is 664. The number of likely N-dealkylation sites (N-methyl/N-ethyl adjacent to an activating group) is 1. The fourth-order valence-corrected chi connectivity index (χ4v) is 3.11. The number of nitrogens with zero attached hydrogens (tertiary/aromatic N) is 1. The first-order chi connectivity index (χ1) is 14.6. The highest BCUT2D eigenvalue weighted by atomic mass is 19.4. The minimum Gasteiger partial charge on any atom is -0.481 e. The van der Waals surface area contributed by atoms with Crippen LogP contribution in [0.1, 0.15) is 56.1 Å². The molecular formula is C22H33F3N2O4. The number of rotatable bonds is 15. The van der Waals surface area contributed by atoms with Crippen molar-refractivity contribution in [1.29, 1.82) is 0 Å². The zero-order valence-electron chi connectivity index (χ0n) is 18.2. The summed E-state index contributed by atoms with van der Waals surface area (Å²) in [6.45, 7) is 1.29. The van der Waals surface area contributed by atoms with Crippen molar-refractivity contribution in [2.24, 2.45) is 0 Å². The fraction of sp³-hybridized carbons (Fsp3) is 0.636. The zero-order chi connectivity index (χ0) is 23.3. The van der Waals surface area contributed by atoms with Gasteiger partial charge in [-0.3, -0.25) is 9.59 Å². The molecule has 1 aromatic carbocycles. The van der Waals surface area contributed by atoms with Crippen LogP contribution in [0.15, 0.2) is 24.3 Å². The van der Waals surface area contributed by atoms with E-state index in [1.807, 2.05) is 19.0 Å². The second-order valence-corrected chi connectivity index (χ2v) is 7.89. The zero-order valence-corrected chi connectivity index (χ0v) is 18.2. The lowest BCUT2D eigenvalue weighted by atomic mass is 10.1. The summed E-state index contributed by atoms with van der Waals surface area (Å²) >= 11 is 0. The Morgan fingerprint density at radius 3 is 2.26 bits per heavy atom. The van der Waals surface area contributed by atoms with E-state index in [2.05, 4.69) is 5.32 Å². The Kier molecular flexibility index (Phi) is 12.2. The lowest BCUT2D eigenvalue weighted by Gasteiger charge is -2.20. The van der Waals surface area contributed by atoms with Gasteiger partial charge in [0.25, 0.3) is 0 Å². The third kappa shape index (κ3) is 13.0. The normalized spacial score (nSPS) is 12.7. The molecule has 0 spiro atoms. The van der Waals surface area contributed by atoms with E-state index in [9.17, 15) is 22.8 Å². The minimum absolute atomic E-state index is 0.101. The van der Waals surface area contributed by atoms with Crippen molar-refractivity contribution in [1.82, 2.24) is 10.2 Å². The van der Waals surface area contributed by atoms with E-state index in [-0.39, 0.29) is 18.9 Å². The summed E-state index contributed by atoms with van der Waals surface area (Å²) in [4.78, 5) is 24.7. The Morgan fingerprint density at radius 1 is 1.06 bits per heavy atom. The summed E-state index contributed by atoms with van der Waals surface area (Å²) in [7, 11) is 3.66. The number of carboxylic acids is 1. The molecule has 176 valence electrons. The number of carbonyl (C=O) groups is 2. The highest BCUT2D eigenvalue weighted by Gasteiger charge is 2.29. The van der Waals surface area contributed by atoms with Gasteiger partial charge in [0, 0.05) is 19.6 Å². The standard InChI is InChI=1S/C22H33F3N2O4/c1-27(2)15-19(14-21(29)30)26-20(28)8-6-4-3-5-7-13-31-16-17-9-11-18(12-10-17)22(23,24)25/h9-12,19H,3-8,13-16H2,1-2H3,(H,26,28)(H,29,30)/t19-/m1/s1. The molecule has 0 saturated heterocycles. The number of hydrogen-bond acceptors (Lipinski definition) is 4. The summed E-state index contributed by atoms with van der Waals surface area (Å²) in [6.07, 6.45) is 0.306. The van der Waals surface area contributed by atoms with Crippen LogP contribution in [0, 0.1) is 0 Å². The molecule has 6 nitrogen and oxygen atoms in total. The number of amides is 1. The quantitative estimate of drug-likeness (QED) is 0.397. The van der Waals surface area contributed by atoms with Crippen LogP contribution in [0.25, 0.3) is 0 Å². The fourth-order valence-electron chi connectivity index (χ4n) is 3.11. The molecule has 2 N–H and O–H groups in total. The molecule has 0 aliphatic rings. The summed E-state index contributed by atoms with van der Waals surface area (Å²) in [5.41, 5.74) is 0.0366. The first-order valence-corrected chi connectivity index (χ1v) is 10.5. The van der Waals surface area contributed by atoms with Gasteiger partial charge < -0.3 is 20.1 Å². The van der Waals surface area contributed by atoms with Crippen LogP contribution in [-0.4, -0.2) is 55.2 Å². The number of aliphatic carboxylic acids is 1. The van der Waals surface area contributed by atoms with Gasteiger partial charge in [-0.25, -0.2) is 0 Å². The molecule has 0 bridgehead atoms. The number of hydrogen-bond donors (Lipinski definition) is 2. The van der Waals surface area contributed by atoms with Crippen LogP contribution < -0.4 is 5.32 Å². The molecule has 1 atom stereocenters. The third-order valence-corrected chi connectivity index (χ3v) is 4.61. The van der Waals surface area contributed by atoms with Gasteiger partial charge in [-0.1, -0.05) is 31.4 Å². The van der Waals surface area contributed by atoms with Crippen molar-refractivity contribution in [2.75, 3.05) is 27.2 Å². The molecule has 1 aromatic rings. The Labute approximate surface area is 181 Å². The van der Waals surface area contributed by atoms with Gasteiger partial charge >= 0.3 is 12.1 Å². The van der Waals surface area contributed by atoms with Crippen LogP contribution in [0.3, 0.4) is 0 Å². The average molecular weight is 447 g/mol. The number of halogens is 3. The van der Waals surface area contributed by atoms with Crippen LogP contribution >= 0.6 is 0 Å². The van der Waals surface area contributed by atoms with E-state index in [1.165, 1.54) is 12.1 Å². The van der Waals surface area contributed by atoms with Gasteiger partial charge in [0.1, 0.15) is 0 Å². The second-order valence-electron chi connectivity index (χ2n) is 7.89. The monoisotopic (exact) mass is 446 g/mol. The van der Waals surface area contributed by atoms with Gasteiger partial charge in [0.05, 0.1) is 24.6 Å². The lowest BCUT2D eigenvalue weighted by Crippen LogP contribution is -2.42. The average Bonchev–Trinajstić information content (AvgIpc) is 2.65. The van der Waals surface area contributed by atoms with Gasteiger partial charge in [-0.15, -0.1) is 0 Å². The van der Waals surface area contributed by atoms with Crippen molar-refractivity contribution in [3.8, 4) is 0 Å². The molecule has 0 radical (unpaired) electrons. The molecule has 0 aliphatic heterocycles. The first kappa shape index (κ1) is 26.9. The van der Waals surface area contributed by atoms with E-state index < -0.39 is 23.8 Å². The van der Waals surface area contributed by atoms with E-state index in [1.54, 1.807) is 0 Å². The molecule has 0 fully saturated rings. The summed E-state index contributed by atoms with van der Waals surface area (Å²) in [5.74, 6) is -1.07. The SMILES string of the molecule is CN(C)C[C@@H](CC(=O)O)NC(=O)CCCCCCCOCc1ccc(C(F)(F)F)cc1. The van der Waals surface area contributed by atoms with E-state index in [0.29, 0.717) is 25.1 Å². The van der Waals surface area contributed by atoms with Gasteiger partial charge in [0.15, 0.2) is 0 Å². The van der Waals surface area contributed by atoms with Crippen LogP contribution in [-0.2, 0) is 27.1 Å². The Morgan fingerprint density at radius 2 is 1.68 bits per heavy atom. The van der Waals surface area contributed by atoms with Crippen LogP contribution in [0.2, 0.25) is 0 Å². The van der Waals surface area contributed by atoms with Gasteiger partial charge in [0.2, 0.25) is 5.91 Å². The molecule has 1 rings (SSSR count). The molecule has 31 heavy (non-hydrogen) atoms. The van der Waals surface area contributed by atoms with Gasteiger partial charge in [-0.2, -0.15) is 13.2 Å². The topological polar surface area (TPSA) is 78.9 Å². The maximum absolute atomic E-state index is 12.5. The first-order valence-electron chi connectivity index (χ1n) is 10.5. The number of carbonyl (C=O) groups excluding carboxylic acids is 1. The number of alkyl halides is 3. The highest BCUT2D eigenvalue weighted by molar-refractivity contribution is 5.77. The van der Waals surface area contributed by atoms with Gasteiger partial charge in [-0.05, 0) is 44.6 Å². The maximum atomic E-state index is 12.5. The second kappa shape index (κ2) is 14.0. The van der Waals surface area contributed by atoms with E-state index in [0.717, 1.165) is 44.2 Å². The largest absolute Gasteiger partial charge is 0.481 e. The minimum atomic E-state index is -4.33. The Balaban J connectivity index is 2.08. The number of carboxylic acid groups (broad SMARTS) is 1.